The maximum absolute atomic E-state index is 11.3. The lowest BCUT2D eigenvalue weighted by Gasteiger charge is -2.15. The molecule has 0 saturated heterocycles. The summed E-state index contributed by atoms with van der Waals surface area (Å²) in [5.74, 6) is -0.764. The largest absolute Gasteiger partial charge is 0.299 e. The topological polar surface area (TPSA) is 34.1 Å². The van der Waals surface area contributed by atoms with Crippen LogP contribution in [0.2, 0.25) is 0 Å². The van der Waals surface area contributed by atoms with Crippen LogP contribution in [0.4, 0.5) is 0 Å². The Morgan fingerprint density at radius 2 is 1.36 bits per heavy atom. The van der Waals surface area contributed by atoms with Crippen molar-refractivity contribution in [1.29, 1.82) is 0 Å². The molecule has 74 valence electrons. The molecule has 0 radical (unpaired) electrons. The van der Waals surface area contributed by atoms with E-state index in [0.717, 1.165) is 0 Å². The zero-order chi connectivity index (χ0) is 10.6. The molecule has 1 aliphatic rings. The summed E-state index contributed by atoms with van der Waals surface area (Å²) in [5, 5.41) is 0. The van der Waals surface area contributed by atoms with Crippen molar-refractivity contribution in [3.05, 3.63) is 36.5 Å². The highest BCUT2D eigenvalue weighted by atomic mass is 16.1. The van der Waals surface area contributed by atoms with Crippen LogP contribution in [0, 0.1) is 11.8 Å². The molecule has 2 heteroatoms. The average molecular weight is 190 g/mol. The summed E-state index contributed by atoms with van der Waals surface area (Å²) in [5.41, 5.74) is 0. The maximum Gasteiger partial charge on any atom is 0.141 e. The Hall–Kier alpha value is -1.44. The molecular formula is C12H14O2. The van der Waals surface area contributed by atoms with Gasteiger partial charge in [-0.05, 0) is 13.8 Å². The second-order valence-corrected chi connectivity index (χ2v) is 3.43. The number of allylic oxidation sites excluding steroid dienone is 6. The molecular weight excluding hydrogens is 176 g/mol. The van der Waals surface area contributed by atoms with E-state index in [0.29, 0.717) is 0 Å². The Kier molecular flexibility index (Phi) is 3.57. The van der Waals surface area contributed by atoms with E-state index in [9.17, 15) is 9.59 Å². The quantitative estimate of drug-likeness (QED) is 0.638. The summed E-state index contributed by atoms with van der Waals surface area (Å²) in [6.07, 6.45) is 11.3. The first-order valence-corrected chi connectivity index (χ1v) is 4.65. The highest BCUT2D eigenvalue weighted by Crippen LogP contribution is 2.19. The van der Waals surface area contributed by atoms with Crippen LogP contribution in [0.5, 0.6) is 0 Å². The molecule has 0 spiro atoms. The fourth-order valence-corrected chi connectivity index (χ4v) is 1.63. The summed E-state index contributed by atoms with van der Waals surface area (Å²) in [6.45, 7) is 2.93. The van der Waals surface area contributed by atoms with Crippen LogP contribution in [-0.2, 0) is 9.59 Å². The smallest absolute Gasteiger partial charge is 0.141 e. The Bertz CT molecular complexity index is 291. The highest BCUT2D eigenvalue weighted by molar-refractivity contribution is 6.01. The number of hydrogen-bond donors (Lipinski definition) is 0. The van der Waals surface area contributed by atoms with Crippen LogP contribution in [0.1, 0.15) is 13.8 Å². The van der Waals surface area contributed by atoms with Gasteiger partial charge in [0.15, 0.2) is 0 Å². The number of hydrogen-bond acceptors (Lipinski definition) is 2. The van der Waals surface area contributed by atoms with E-state index < -0.39 is 5.92 Å². The fourth-order valence-electron chi connectivity index (χ4n) is 1.63. The molecule has 0 atom stereocenters. The lowest BCUT2D eigenvalue weighted by molar-refractivity contribution is -0.131. The molecule has 1 aliphatic carbocycles. The first-order chi connectivity index (χ1) is 6.63. The third-order valence-electron chi connectivity index (χ3n) is 2.26. The van der Waals surface area contributed by atoms with Crippen LogP contribution in [-0.4, -0.2) is 11.6 Å². The summed E-state index contributed by atoms with van der Waals surface area (Å²) in [4.78, 5) is 22.6. The van der Waals surface area contributed by atoms with Gasteiger partial charge in [0, 0.05) is 5.92 Å². The first kappa shape index (κ1) is 10.6. The highest BCUT2D eigenvalue weighted by Gasteiger charge is 2.25. The molecule has 0 aromatic carbocycles. The van der Waals surface area contributed by atoms with Crippen molar-refractivity contribution in [3.8, 4) is 0 Å². The van der Waals surface area contributed by atoms with Gasteiger partial charge < -0.3 is 0 Å². The van der Waals surface area contributed by atoms with Crippen LogP contribution in [0.25, 0.3) is 0 Å². The maximum atomic E-state index is 11.3. The third kappa shape index (κ3) is 2.52. The molecule has 0 fully saturated rings. The minimum atomic E-state index is -0.526. The summed E-state index contributed by atoms with van der Waals surface area (Å²) in [7, 11) is 0. The van der Waals surface area contributed by atoms with Gasteiger partial charge in [-0.2, -0.15) is 0 Å². The Balaban J connectivity index is 2.89. The molecule has 0 bridgehead atoms. The Labute approximate surface area is 84.0 Å². The van der Waals surface area contributed by atoms with E-state index in [4.69, 9.17) is 0 Å². The Morgan fingerprint density at radius 1 is 0.929 bits per heavy atom. The first-order valence-electron chi connectivity index (χ1n) is 4.65. The number of rotatable bonds is 3. The Morgan fingerprint density at radius 3 is 1.71 bits per heavy atom. The van der Waals surface area contributed by atoms with E-state index in [-0.39, 0.29) is 17.5 Å². The number of Topliss-reactive ketones (excluding diaryl/α,β-unsaturated/α-hetero) is 2. The summed E-state index contributed by atoms with van der Waals surface area (Å²) in [6, 6.07) is 0. The van der Waals surface area contributed by atoms with Gasteiger partial charge in [-0.25, -0.2) is 0 Å². The molecule has 0 aromatic heterocycles. The summed E-state index contributed by atoms with van der Waals surface area (Å²) < 4.78 is 0. The van der Waals surface area contributed by atoms with Gasteiger partial charge in [-0.15, -0.1) is 0 Å². The van der Waals surface area contributed by atoms with Crippen LogP contribution in [0.15, 0.2) is 36.5 Å². The fraction of sp³-hybridized carbons (Fsp3) is 0.333. The lowest BCUT2D eigenvalue weighted by atomic mass is 9.86. The third-order valence-corrected chi connectivity index (χ3v) is 2.26. The van der Waals surface area contributed by atoms with Gasteiger partial charge in [0.1, 0.15) is 11.6 Å². The molecule has 0 unspecified atom stereocenters. The van der Waals surface area contributed by atoms with Crippen molar-refractivity contribution in [2.75, 3.05) is 0 Å². The van der Waals surface area contributed by atoms with E-state index >= 15 is 0 Å². The van der Waals surface area contributed by atoms with Crippen LogP contribution >= 0.6 is 0 Å². The standard InChI is InChI=1S/C12H14O2/c1-9(13)12(10(2)14)11-7-5-3-4-6-8-11/h3-8,11-12H,1-2H3. The monoisotopic (exact) mass is 190 g/mol. The van der Waals surface area contributed by atoms with Gasteiger partial charge in [0.05, 0.1) is 5.92 Å². The summed E-state index contributed by atoms with van der Waals surface area (Å²) >= 11 is 0. The van der Waals surface area contributed by atoms with Gasteiger partial charge in [0.25, 0.3) is 0 Å². The molecule has 0 aromatic rings. The minimum absolute atomic E-state index is 0.0706. The zero-order valence-electron chi connectivity index (χ0n) is 8.44. The number of ketones is 2. The van der Waals surface area contributed by atoms with E-state index in [1.54, 1.807) is 0 Å². The minimum Gasteiger partial charge on any atom is -0.299 e. The second-order valence-electron chi connectivity index (χ2n) is 3.43. The lowest BCUT2D eigenvalue weighted by Crippen LogP contribution is -2.26. The van der Waals surface area contributed by atoms with Crippen molar-refractivity contribution in [1.82, 2.24) is 0 Å². The molecule has 0 saturated carbocycles. The predicted molar refractivity (Wildman–Crippen MR) is 55.8 cm³/mol. The normalized spacial score (nSPS) is 15.9. The molecule has 14 heavy (non-hydrogen) atoms. The molecule has 0 aliphatic heterocycles. The molecule has 2 nitrogen and oxygen atoms in total. The SMILES string of the molecule is CC(=O)C(C(C)=O)C1C=CC=CC=C1. The van der Waals surface area contributed by atoms with Crippen molar-refractivity contribution in [2.45, 2.75) is 13.8 Å². The second kappa shape index (κ2) is 4.70. The van der Waals surface area contributed by atoms with E-state index in [1.165, 1.54) is 13.8 Å². The van der Waals surface area contributed by atoms with Crippen molar-refractivity contribution >= 4 is 11.6 Å². The van der Waals surface area contributed by atoms with E-state index in [1.807, 2.05) is 36.5 Å². The number of carbonyl (C=O) groups excluding carboxylic acids is 2. The molecule has 0 N–H and O–H groups in total. The predicted octanol–water partition coefficient (Wildman–Crippen LogP) is 2.08. The number of carbonyl (C=O) groups is 2. The van der Waals surface area contributed by atoms with Gasteiger partial charge in [-0.1, -0.05) is 36.5 Å². The molecule has 0 heterocycles. The van der Waals surface area contributed by atoms with Gasteiger partial charge >= 0.3 is 0 Å². The van der Waals surface area contributed by atoms with E-state index in [2.05, 4.69) is 0 Å². The van der Waals surface area contributed by atoms with Crippen LogP contribution in [0.3, 0.4) is 0 Å². The molecule has 1 rings (SSSR count). The average Bonchev–Trinajstić information content (AvgIpc) is 2.31. The van der Waals surface area contributed by atoms with Crippen molar-refractivity contribution in [2.24, 2.45) is 11.8 Å². The van der Waals surface area contributed by atoms with Crippen LogP contribution < -0.4 is 0 Å². The zero-order valence-corrected chi connectivity index (χ0v) is 8.44. The van der Waals surface area contributed by atoms with Crippen molar-refractivity contribution in [3.63, 3.8) is 0 Å². The van der Waals surface area contributed by atoms with Crippen molar-refractivity contribution < 1.29 is 9.59 Å². The van der Waals surface area contributed by atoms with Gasteiger partial charge in [-0.3, -0.25) is 9.59 Å². The molecule has 0 amide bonds. The van der Waals surface area contributed by atoms with Gasteiger partial charge in [0.2, 0.25) is 0 Å².